The lowest BCUT2D eigenvalue weighted by molar-refractivity contribution is 0.0603. The van der Waals surface area contributed by atoms with Crippen molar-refractivity contribution in [3.8, 4) is 17.0 Å². The Bertz CT molecular complexity index is 887. The predicted octanol–water partition coefficient (Wildman–Crippen LogP) is 4.48. The molecule has 122 valence electrons. The number of benzene rings is 2. The van der Waals surface area contributed by atoms with Crippen molar-refractivity contribution in [2.24, 2.45) is 0 Å². The summed E-state index contributed by atoms with van der Waals surface area (Å²) < 4.78 is 10.8. The van der Waals surface area contributed by atoms with Gasteiger partial charge in [-0.15, -0.1) is 0 Å². The molecule has 4 heteroatoms. The number of ether oxygens (including phenoxy) is 2. The molecule has 0 atom stereocenters. The highest BCUT2D eigenvalue weighted by Gasteiger charge is 2.16. The molecule has 0 saturated carbocycles. The number of nitrogens with zero attached hydrogens (tertiary/aromatic N) is 1. The van der Waals surface area contributed by atoms with Crippen LogP contribution in [0.1, 0.15) is 24.2 Å². The van der Waals surface area contributed by atoms with Crippen LogP contribution >= 0.6 is 0 Å². The van der Waals surface area contributed by atoms with E-state index >= 15 is 0 Å². The van der Waals surface area contributed by atoms with Gasteiger partial charge in [-0.1, -0.05) is 30.3 Å². The molecule has 3 aromatic rings. The van der Waals surface area contributed by atoms with E-state index in [9.17, 15) is 4.79 Å². The van der Waals surface area contributed by atoms with Crippen LogP contribution in [0.25, 0.3) is 22.2 Å². The lowest BCUT2D eigenvalue weighted by atomic mass is 10.0. The number of methoxy groups -OCH3 is 1. The van der Waals surface area contributed by atoms with Crippen molar-refractivity contribution in [1.82, 2.24) is 4.98 Å². The molecule has 0 spiro atoms. The first-order valence-electron chi connectivity index (χ1n) is 7.84. The van der Waals surface area contributed by atoms with Gasteiger partial charge < -0.3 is 9.47 Å². The van der Waals surface area contributed by atoms with Crippen molar-refractivity contribution < 1.29 is 14.3 Å². The van der Waals surface area contributed by atoms with Gasteiger partial charge in [0.1, 0.15) is 5.75 Å². The lowest BCUT2D eigenvalue weighted by Crippen LogP contribution is -2.07. The second kappa shape index (κ2) is 6.71. The van der Waals surface area contributed by atoms with Gasteiger partial charge in [0.2, 0.25) is 0 Å². The number of hydrogen-bond acceptors (Lipinski definition) is 4. The fourth-order valence-corrected chi connectivity index (χ4v) is 2.63. The van der Waals surface area contributed by atoms with Crippen LogP contribution in [0.5, 0.6) is 5.75 Å². The van der Waals surface area contributed by atoms with Crippen LogP contribution in [-0.2, 0) is 4.74 Å². The summed E-state index contributed by atoms with van der Waals surface area (Å²) in [5, 5.41) is 0.773. The molecule has 0 radical (unpaired) electrons. The van der Waals surface area contributed by atoms with Gasteiger partial charge in [0.15, 0.2) is 0 Å². The second-order valence-corrected chi connectivity index (χ2v) is 5.73. The Labute approximate surface area is 141 Å². The lowest BCUT2D eigenvalue weighted by Gasteiger charge is -2.15. The molecule has 0 bridgehead atoms. The minimum Gasteiger partial charge on any atom is -0.490 e. The summed E-state index contributed by atoms with van der Waals surface area (Å²) in [6, 6.07) is 17.0. The first-order chi connectivity index (χ1) is 11.6. The summed E-state index contributed by atoms with van der Waals surface area (Å²) in [5.74, 6) is 0.364. The van der Waals surface area contributed by atoms with Crippen molar-refractivity contribution in [2.45, 2.75) is 20.0 Å². The summed E-state index contributed by atoms with van der Waals surface area (Å²) >= 11 is 0. The quantitative estimate of drug-likeness (QED) is 0.665. The molecule has 0 aliphatic carbocycles. The zero-order valence-electron chi connectivity index (χ0n) is 13.9. The number of para-hydroxylation sites is 2. The molecular weight excluding hydrogens is 302 g/mol. The van der Waals surface area contributed by atoms with Crippen LogP contribution in [0.2, 0.25) is 0 Å². The normalized spacial score (nSPS) is 10.8. The number of rotatable bonds is 4. The van der Waals surface area contributed by atoms with E-state index in [0.717, 1.165) is 22.2 Å². The number of esters is 1. The van der Waals surface area contributed by atoms with E-state index in [-0.39, 0.29) is 12.1 Å². The number of aromatic nitrogens is 1. The Kier molecular flexibility index (Phi) is 4.47. The van der Waals surface area contributed by atoms with Crippen LogP contribution in [0.15, 0.2) is 54.6 Å². The highest BCUT2D eigenvalue weighted by Crippen LogP contribution is 2.32. The maximum Gasteiger partial charge on any atom is 0.338 e. The molecule has 24 heavy (non-hydrogen) atoms. The predicted molar refractivity (Wildman–Crippen MR) is 94.3 cm³/mol. The Morgan fingerprint density at radius 2 is 1.75 bits per heavy atom. The zero-order chi connectivity index (χ0) is 17.1. The Morgan fingerprint density at radius 1 is 1.04 bits per heavy atom. The van der Waals surface area contributed by atoms with Crippen molar-refractivity contribution in [3.05, 3.63) is 60.2 Å². The van der Waals surface area contributed by atoms with Gasteiger partial charge in [-0.05, 0) is 38.1 Å². The van der Waals surface area contributed by atoms with E-state index in [0.29, 0.717) is 11.3 Å². The maximum atomic E-state index is 12.2. The second-order valence-electron chi connectivity index (χ2n) is 5.73. The third kappa shape index (κ3) is 3.08. The third-order valence-corrected chi connectivity index (χ3v) is 3.65. The van der Waals surface area contributed by atoms with Gasteiger partial charge in [-0.25, -0.2) is 9.78 Å². The first kappa shape index (κ1) is 16.0. The molecule has 4 nitrogen and oxygen atoms in total. The number of fused-ring (bicyclic) bond motifs is 1. The molecule has 0 N–H and O–H groups in total. The summed E-state index contributed by atoms with van der Waals surface area (Å²) in [6.45, 7) is 3.95. The largest absolute Gasteiger partial charge is 0.490 e. The fourth-order valence-electron chi connectivity index (χ4n) is 2.63. The molecule has 0 fully saturated rings. The molecule has 1 aromatic heterocycles. The molecule has 1 heterocycles. The van der Waals surface area contributed by atoms with Crippen LogP contribution < -0.4 is 4.74 Å². The summed E-state index contributed by atoms with van der Waals surface area (Å²) in [6.07, 6.45) is 0.0479. The number of carbonyl (C=O) groups is 1. The molecule has 0 aliphatic rings. The van der Waals surface area contributed by atoms with Gasteiger partial charge >= 0.3 is 5.97 Å². The Balaban J connectivity index is 2.23. The topological polar surface area (TPSA) is 48.4 Å². The molecule has 0 saturated heterocycles. The number of carbonyl (C=O) groups excluding carboxylic acids is 1. The Morgan fingerprint density at radius 3 is 2.50 bits per heavy atom. The smallest absolute Gasteiger partial charge is 0.338 e. The van der Waals surface area contributed by atoms with Gasteiger partial charge in [0, 0.05) is 10.9 Å². The van der Waals surface area contributed by atoms with Crippen molar-refractivity contribution >= 4 is 16.9 Å². The molecule has 0 aliphatic heterocycles. The minimum atomic E-state index is -0.378. The van der Waals surface area contributed by atoms with Crippen LogP contribution in [0, 0.1) is 0 Å². The molecular formula is C20H19NO3. The highest BCUT2D eigenvalue weighted by atomic mass is 16.5. The molecule has 0 amide bonds. The maximum absolute atomic E-state index is 12.2. The fraction of sp³-hybridized carbons (Fsp3) is 0.200. The summed E-state index contributed by atoms with van der Waals surface area (Å²) in [4.78, 5) is 16.9. The van der Waals surface area contributed by atoms with Gasteiger partial charge in [-0.3, -0.25) is 0 Å². The standard InChI is InChI=1S/C20H19NO3/c1-13(2)24-19-11-7-5-9-15(19)18-12-16(20(22)23-3)14-8-4-6-10-17(14)21-18/h4-13H,1-3H3. The van der Waals surface area contributed by atoms with Gasteiger partial charge in [0.25, 0.3) is 0 Å². The van der Waals surface area contributed by atoms with Crippen LogP contribution in [0.3, 0.4) is 0 Å². The average molecular weight is 321 g/mol. The number of hydrogen-bond donors (Lipinski definition) is 0. The van der Waals surface area contributed by atoms with Gasteiger partial charge in [0.05, 0.1) is 30.0 Å². The Hall–Kier alpha value is -2.88. The van der Waals surface area contributed by atoms with E-state index < -0.39 is 0 Å². The first-order valence-corrected chi connectivity index (χ1v) is 7.84. The van der Waals surface area contributed by atoms with E-state index in [1.54, 1.807) is 6.07 Å². The van der Waals surface area contributed by atoms with Crippen molar-refractivity contribution in [2.75, 3.05) is 7.11 Å². The van der Waals surface area contributed by atoms with E-state index in [2.05, 4.69) is 0 Å². The third-order valence-electron chi connectivity index (χ3n) is 3.65. The summed E-state index contributed by atoms with van der Waals surface area (Å²) in [5.41, 5.74) is 2.78. The van der Waals surface area contributed by atoms with E-state index in [4.69, 9.17) is 14.5 Å². The monoisotopic (exact) mass is 321 g/mol. The molecule has 2 aromatic carbocycles. The van der Waals surface area contributed by atoms with E-state index in [1.165, 1.54) is 7.11 Å². The van der Waals surface area contributed by atoms with Crippen LogP contribution in [0.4, 0.5) is 0 Å². The summed E-state index contributed by atoms with van der Waals surface area (Å²) in [7, 11) is 1.38. The molecule has 0 unspecified atom stereocenters. The molecule has 3 rings (SSSR count). The van der Waals surface area contributed by atoms with Crippen LogP contribution in [-0.4, -0.2) is 24.2 Å². The average Bonchev–Trinajstić information content (AvgIpc) is 2.60. The van der Waals surface area contributed by atoms with Crippen molar-refractivity contribution in [1.29, 1.82) is 0 Å². The minimum absolute atomic E-state index is 0.0479. The zero-order valence-corrected chi connectivity index (χ0v) is 13.9. The van der Waals surface area contributed by atoms with Gasteiger partial charge in [-0.2, -0.15) is 0 Å². The highest BCUT2D eigenvalue weighted by molar-refractivity contribution is 6.04. The van der Waals surface area contributed by atoms with E-state index in [1.807, 2.05) is 62.4 Å². The SMILES string of the molecule is COC(=O)c1cc(-c2ccccc2OC(C)C)nc2ccccc12. The van der Waals surface area contributed by atoms with Crippen molar-refractivity contribution in [3.63, 3.8) is 0 Å². The number of pyridine rings is 1.